The minimum Gasteiger partial charge on any atom is -0.295 e. The van der Waals surface area contributed by atoms with Crippen molar-refractivity contribution >= 4 is 5.78 Å². The molecule has 1 aromatic rings. The first-order chi connectivity index (χ1) is 6.24. The maximum absolute atomic E-state index is 10.9. The molecule has 13 heavy (non-hydrogen) atoms. The number of nitrogens with one attached hydrogen (secondary N) is 2. The van der Waals surface area contributed by atoms with E-state index in [0.29, 0.717) is 0 Å². The molecule has 1 rings (SSSR count). The number of benzene rings is 1. The number of hydrogen-bond acceptors (Lipinski definition) is 3. The lowest BCUT2D eigenvalue weighted by Gasteiger charge is -2.03. The predicted octanol–water partition coefficient (Wildman–Crippen LogP) is 1.11. The van der Waals surface area contributed by atoms with E-state index in [1.165, 1.54) is 0 Å². The summed E-state index contributed by atoms with van der Waals surface area (Å²) < 4.78 is 0. The lowest BCUT2D eigenvalue weighted by atomic mass is 10.1. The normalized spacial score (nSPS) is 10.0. The van der Waals surface area contributed by atoms with Crippen molar-refractivity contribution in [2.45, 2.75) is 13.5 Å². The van der Waals surface area contributed by atoms with Gasteiger partial charge in [0.05, 0.1) is 0 Å². The Morgan fingerprint density at radius 1 is 1.31 bits per heavy atom. The summed E-state index contributed by atoms with van der Waals surface area (Å²) in [5, 5.41) is 0. The minimum absolute atomic E-state index is 0.105. The van der Waals surface area contributed by atoms with Crippen LogP contribution in [0.15, 0.2) is 24.3 Å². The molecule has 0 saturated heterocycles. The Hall–Kier alpha value is -1.19. The lowest BCUT2D eigenvalue weighted by Crippen LogP contribution is -2.26. The Labute approximate surface area is 78.1 Å². The second-order valence-electron chi connectivity index (χ2n) is 2.86. The highest BCUT2D eigenvalue weighted by atomic mass is 16.1. The minimum atomic E-state index is 0.105. The van der Waals surface area contributed by atoms with Gasteiger partial charge in [0, 0.05) is 12.1 Å². The molecule has 0 amide bonds. The van der Waals surface area contributed by atoms with Gasteiger partial charge in [-0.15, -0.1) is 0 Å². The third-order valence-corrected chi connectivity index (χ3v) is 1.83. The molecule has 0 aliphatic carbocycles. The van der Waals surface area contributed by atoms with Crippen LogP contribution in [0.4, 0.5) is 0 Å². The Morgan fingerprint density at radius 2 is 1.92 bits per heavy atom. The van der Waals surface area contributed by atoms with Gasteiger partial charge in [0.2, 0.25) is 0 Å². The summed E-state index contributed by atoms with van der Waals surface area (Å²) in [4.78, 5) is 10.9. The van der Waals surface area contributed by atoms with E-state index in [-0.39, 0.29) is 5.78 Å². The standard InChI is InChI=1S/C10H14N2O/c1-8(13)10-5-3-9(4-6-10)7-12-11-2/h3-6,11-12H,7H2,1-2H3. The predicted molar refractivity (Wildman–Crippen MR) is 52.3 cm³/mol. The van der Waals surface area contributed by atoms with E-state index >= 15 is 0 Å². The summed E-state index contributed by atoms with van der Waals surface area (Å²) in [6.45, 7) is 2.33. The Balaban J connectivity index is 2.64. The molecule has 0 saturated carbocycles. The lowest BCUT2D eigenvalue weighted by molar-refractivity contribution is 0.101. The van der Waals surface area contributed by atoms with Crippen molar-refractivity contribution in [1.29, 1.82) is 0 Å². The summed E-state index contributed by atoms with van der Waals surface area (Å²) in [7, 11) is 1.82. The second kappa shape index (κ2) is 4.74. The first-order valence-corrected chi connectivity index (χ1v) is 4.23. The third kappa shape index (κ3) is 2.97. The Morgan fingerprint density at radius 3 is 2.38 bits per heavy atom. The van der Waals surface area contributed by atoms with E-state index in [9.17, 15) is 4.79 Å². The average Bonchev–Trinajstić information content (AvgIpc) is 2.15. The Kier molecular flexibility index (Phi) is 3.61. The number of carbonyl (C=O) groups excluding carboxylic acids is 1. The van der Waals surface area contributed by atoms with Crippen LogP contribution in [-0.4, -0.2) is 12.8 Å². The largest absolute Gasteiger partial charge is 0.295 e. The first kappa shape index (κ1) is 9.89. The van der Waals surface area contributed by atoms with E-state index in [0.717, 1.165) is 17.7 Å². The molecule has 0 spiro atoms. The quantitative estimate of drug-likeness (QED) is 0.536. The summed E-state index contributed by atoms with van der Waals surface area (Å²) in [6.07, 6.45) is 0. The van der Waals surface area contributed by atoms with Gasteiger partial charge in [-0.05, 0) is 19.5 Å². The molecule has 0 aliphatic heterocycles. The molecular weight excluding hydrogens is 164 g/mol. The van der Waals surface area contributed by atoms with Gasteiger partial charge in [-0.1, -0.05) is 24.3 Å². The number of ketones is 1. The van der Waals surface area contributed by atoms with Crippen LogP contribution in [0, 0.1) is 0 Å². The van der Waals surface area contributed by atoms with Gasteiger partial charge in [0.25, 0.3) is 0 Å². The number of Topliss-reactive ketones (excluding diaryl/α,β-unsaturated/α-hetero) is 1. The summed E-state index contributed by atoms with van der Waals surface area (Å²) in [5.74, 6) is 0.105. The monoisotopic (exact) mass is 178 g/mol. The number of rotatable bonds is 4. The molecule has 0 fully saturated rings. The molecule has 0 heterocycles. The number of hydrazine groups is 1. The molecule has 0 aromatic heterocycles. The fourth-order valence-corrected chi connectivity index (χ4v) is 1.05. The summed E-state index contributed by atoms with van der Waals surface area (Å²) in [5.41, 5.74) is 7.72. The van der Waals surface area contributed by atoms with Crippen LogP contribution in [0.1, 0.15) is 22.8 Å². The molecule has 70 valence electrons. The average molecular weight is 178 g/mol. The van der Waals surface area contributed by atoms with Crippen LogP contribution in [0.2, 0.25) is 0 Å². The molecular formula is C10H14N2O. The van der Waals surface area contributed by atoms with E-state index in [2.05, 4.69) is 10.9 Å². The van der Waals surface area contributed by atoms with Gasteiger partial charge < -0.3 is 0 Å². The van der Waals surface area contributed by atoms with Gasteiger partial charge in [0.1, 0.15) is 0 Å². The summed E-state index contributed by atoms with van der Waals surface area (Å²) >= 11 is 0. The zero-order valence-electron chi connectivity index (χ0n) is 7.92. The highest BCUT2D eigenvalue weighted by molar-refractivity contribution is 5.93. The summed E-state index contributed by atoms with van der Waals surface area (Å²) in [6, 6.07) is 7.58. The van der Waals surface area contributed by atoms with Crippen molar-refractivity contribution in [3.8, 4) is 0 Å². The second-order valence-corrected chi connectivity index (χ2v) is 2.86. The molecule has 0 radical (unpaired) electrons. The molecule has 0 aliphatic rings. The van der Waals surface area contributed by atoms with Crippen molar-refractivity contribution < 1.29 is 4.79 Å². The van der Waals surface area contributed by atoms with E-state index < -0.39 is 0 Å². The van der Waals surface area contributed by atoms with Crippen molar-refractivity contribution in [1.82, 2.24) is 10.9 Å². The van der Waals surface area contributed by atoms with Crippen molar-refractivity contribution in [2.75, 3.05) is 7.05 Å². The van der Waals surface area contributed by atoms with Gasteiger partial charge in [-0.3, -0.25) is 15.6 Å². The third-order valence-electron chi connectivity index (χ3n) is 1.83. The van der Waals surface area contributed by atoms with E-state index in [1.807, 2.05) is 31.3 Å². The number of hydrogen-bond donors (Lipinski definition) is 2. The zero-order valence-corrected chi connectivity index (χ0v) is 7.92. The van der Waals surface area contributed by atoms with Gasteiger partial charge in [-0.2, -0.15) is 0 Å². The molecule has 0 atom stereocenters. The fourth-order valence-electron chi connectivity index (χ4n) is 1.05. The first-order valence-electron chi connectivity index (χ1n) is 4.23. The van der Waals surface area contributed by atoms with Crippen LogP contribution in [0.25, 0.3) is 0 Å². The van der Waals surface area contributed by atoms with Crippen molar-refractivity contribution in [3.05, 3.63) is 35.4 Å². The molecule has 0 bridgehead atoms. The highest BCUT2D eigenvalue weighted by Gasteiger charge is 1.97. The van der Waals surface area contributed by atoms with Crippen LogP contribution in [0.3, 0.4) is 0 Å². The topological polar surface area (TPSA) is 41.1 Å². The van der Waals surface area contributed by atoms with E-state index in [1.54, 1.807) is 6.92 Å². The molecule has 2 N–H and O–H groups in total. The fraction of sp³-hybridized carbons (Fsp3) is 0.300. The van der Waals surface area contributed by atoms with Gasteiger partial charge in [0.15, 0.2) is 5.78 Å². The molecule has 3 heteroatoms. The van der Waals surface area contributed by atoms with Crippen LogP contribution in [-0.2, 0) is 6.54 Å². The van der Waals surface area contributed by atoms with Crippen LogP contribution < -0.4 is 10.9 Å². The molecule has 1 aromatic carbocycles. The SMILES string of the molecule is CNNCc1ccc(C(C)=O)cc1. The van der Waals surface area contributed by atoms with Gasteiger partial charge in [-0.25, -0.2) is 0 Å². The number of carbonyl (C=O) groups is 1. The Bertz CT molecular complexity index is 279. The molecule has 3 nitrogen and oxygen atoms in total. The van der Waals surface area contributed by atoms with Crippen LogP contribution in [0.5, 0.6) is 0 Å². The highest BCUT2D eigenvalue weighted by Crippen LogP contribution is 2.04. The van der Waals surface area contributed by atoms with Crippen LogP contribution >= 0.6 is 0 Å². The smallest absolute Gasteiger partial charge is 0.159 e. The van der Waals surface area contributed by atoms with Crippen molar-refractivity contribution in [2.24, 2.45) is 0 Å². The van der Waals surface area contributed by atoms with E-state index in [4.69, 9.17) is 0 Å². The zero-order chi connectivity index (χ0) is 9.68. The van der Waals surface area contributed by atoms with Gasteiger partial charge >= 0.3 is 0 Å². The molecule has 0 unspecified atom stereocenters. The maximum atomic E-state index is 10.9. The maximum Gasteiger partial charge on any atom is 0.159 e. The van der Waals surface area contributed by atoms with Crippen molar-refractivity contribution in [3.63, 3.8) is 0 Å².